The first-order chi connectivity index (χ1) is 9.49. The minimum absolute atomic E-state index is 0.429. The molecule has 0 saturated heterocycles. The maximum Gasteiger partial charge on any atom is 0.140 e. The number of rotatable bonds is 5. The summed E-state index contributed by atoms with van der Waals surface area (Å²) < 4.78 is 1.70. The molecule has 1 N–H and O–H groups in total. The monoisotopic (exact) mass is 295 g/mol. The van der Waals surface area contributed by atoms with Gasteiger partial charge in [-0.25, -0.2) is 0 Å². The molecule has 2 aromatic rings. The molecule has 20 heavy (non-hydrogen) atoms. The van der Waals surface area contributed by atoms with Crippen molar-refractivity contribution in [3.8, 4) is 0 Å². The van der Waals surface area contributed by atoms with Gasteiger partial charge >= 0.3 is 0 Å². The fourth-order valence-electron chi connectivity index (χ4n) is 1.80. The Morgan fingerprint density at radius 1 is 1.30 bits per heavy atom. The summed E-state index contributed by atoms with van der Waals surface area (Å²) in [4.78, 5) is 10.4. The van der Waals surface area contributed by atoms with E-state index < -0.39 is 6.10 Å². The van der Waals surface area contributed by atoms with E-state index in [1.807, 2.05) is 25.9 Å². The molecule has 7 heteroatoms. The van der Waals surface area contributed by atoms with Gasteiger partial charge in [0, 0.05) is 12.7 Å². The highest BCUT2D eigenvalue weighted by Crippen LogP contribution is 2.26. The van der Waals surface area contributed by atoms with E-state index in [1.165, 1.54) is 6.20 Å². The van der Waals surface area contributed by atoms with Gasteiger partial charge in [0.1, 0.15) is 6.10 Å². The average Bonchev–Trinajstić information content (AvgIpc) is 2.77. The second kappa shape index (κ2) is 6.30. The maximum atomic E-state index is 10.4. The number of aryl methyl sites for hydroxylation is 1. The summed E-state index contributed by atoms with van der Waals surface area (Å²) >= 11 is 6.13. The fraction of sp³-hybridized carbons (Fsp3) is 0.462. The molecule has 0 aliphatic rings. The van der Waals surface area contributed by atoms with Crippen LogP contribution in [0.1, 0.15) is 23.2 Å². The Morgan fingerprint density at radius 3 is 2.65 bits per heavy atom. The van der Waals surface area contributed by atoms with Gasteiger partial charge in [-0.2, -0.15) is 5.10 Å². The first-order valence-corrected chi connectivity index (χ1v) is 6.69. The molecular formula is C13H18ClN5O. The third kappa shape index (κ3) is 3.33. The smallest absolute Gasteiger partial charge is 0.140 e. The minimum Gasteiger partial charge on any atom is -0.380 e. The number of aromatic nitrogens is 4. The van der Waals surface area contributed by atoms with Crippen molar-refractivity contribution in [2.45, 2.75) is 19.6 Å². The lowest BCUT2D eigenvalue weighted by Crippen LogP contribution is -2.21. The lowest BCUT2D eigenvalue weighted by Gasteiger charge is -2.15. The maximum absolute atomic E-state index is 10.4. The molecule has 2 heterocycles. The van der Waals surface area contributed by atoms with Gasteiger partial charge < -0.3 is 10.0 Å². The van der Waals surface area contributed by atoms with Gasteiger partial charge in [-0.05, 0) is 21.0 Å². The largest absolute Gasteiger partial charge is 0.380 e. The molecule has 6 nitrogen and oxygen atoms in total. The molecule has 0 bridgehead atoms. The Balaban J connectivity index is 2.26. The minimum atomic E-state index is -0.930. The van der Waals surface area contributed by atoms with Crippen molar-refractivity contribution in [1.29, 1.82) is 0 Å². The zero-order valence-corrected chi connectivity index (χ0v) is 12.5. The average molecular weight is 296 g/mol. The predicted octanol–water partition coefficient (Wildman–Crippen LogP) is 1.28. The van der Waals surface area contributed by atoms with Crippen molar-refractivity contribution in [2.75, 3.05) is 20.6 Å². The number of hydrogen-bond donors (Lipinski definition) is 1. The molecule has 1 unspecified atom stereocenters. The molecule has 2 aromatic heterocycles. The van der Waals surface area contributed by atoms with Crippen molar-refractivity contribution in [3.05, 3.63) is 40.7 Å². The Morgan fingerprint density at radius 2 is 2.05 bits per heavy atom. The number of likely N-dealkylation sites (N-methyl/N-ethyl adjacent to an activating group) is 1. The first-order valence-electron chi connectivity index (χ1n) is 6.31. The van der Waals surface area contributed by atoms with Crippen LogP contribution in [-0.4, -0.2) is 50.4 Å². The first kappa shape index (κ1) is 14.9. The standard InChI is InChI=1S/C13H18ClN5O/c1-9-6-16-11(8-15-9)13(20)12-10(14)7-17-19(12)5-4-18(2)3/h6-8,13,20H,4-5H2,1-3H3. The van der Waals surface area contributed by atoms with Gasteiger partial charge in [-0.1, -0.05) is 11.6 Å². The lowest BCUT2D eigenvalue weighted by atomic mass is 10.2. The topological polar surface area (TPSA) is 67.1 Å². The highest BCUT2D eigenvalue weighted by atomic mass is 35.5. The molecular weight excluding hydrogens is 278 g/mol. The van der Waals surface area contributed by atoms with Gasteiger partial charge in [-0.15, -0.1) is 0 Å². The van der Waals surface area contributed by atoms with Crippen LogP contribution in [-0.2, 0) is 6.54 Å². The molecule has 0 saturated carbocycles. The van der Waals surface area contributed by atoms with Crippen LogP contribution in [0.4, 0.5) is 0 Å². The van der Waals surface area contributed by atoms with E-state index in [4.69, 9.17) is 11.6 Å². The van der Waals surface area contributed by atoms with E-state index in [0.717, 1.165) is 12.2 Å². The molecule has 2 rings (SSSR count). The molecule has 0 amide bonds. The quantitative estimate of drug-likeness (QED) is 0.900. The van der Waals surface area contributed by atoms with Gasteiger partial charge in [0.15, 0.2) is 0 Å². The number of nitrogens with zero attached hydrogens (tertiary/aromatic N) is 5. The highest BCUT2D eigenvalue weighted by molar-refractivity contribution is 6.31. The SMILES string of the molecule is Cc1cnc(C(O)c2c(Cl)cnn2CCN(C)C)cn1. The van der Waals surface area contributed by atoms with E-state index in [-0.39, 0.29) is 0 Å². The number of aliphatic hydroxyl groups is 1. The Hall–Kier alpha value is -1.50. The predicted molar refractivity (Wildman–Crippen MR) is 76.6 cm³/mol. The van der Waals surface area contributed by atoms with Crippen molar-refractivity contribution >= 4 is 11.6 Å². The van der Waals surface area contributed by atoms with Crippen LogP contribution >= 0.6 is 11.6 Å². The van der Waals surface area contributed by atoms with Crippen LogP contribution in [0.2, 0.25) is 5.02 Å². The molecule has 0 aliphatic heterocycles. The molecule has 0 fully saturated rings. The van der Waals surface area contributed by atoms with E-state index in [0.29, 0.717) is 23.0 Å². The molecule has 0 aromatic carbocycles. The summed E-state index contributed by atoms with van der Waals surface area (Å²) in [7, 11) is 3.96. The summed E-state index contributed by atoms with van der Waals surface area (Å²) in [6.45, 7) is 3.29. The summed E-state index contributed by atoms with van der Waals surface area (Å²) in [6, 6.07) is 0. The molecule has 0 aliphatic carbocycles. The summed E-state index contributed by atoms with van der Waals surface area (Å²) in [5, 5.41) is 15.1. The van der Waals surface area contributed by atoms with E-state index >= 15 is 0 Å². The third-order valence-electron chi connectivity index (χ3n) is 2.93. The summed E-state index contributed by atoms with van der Waals surface area (Å²) in [6.07, 6.45) is 3.78. The van der Waals surface area contributed by atoms with Gasteiger partial charge in [0.25, 0.3) is 0 Å². The van der Waals surface area contributed by atoms with Crippen molar-refractivity contribution in [3.63, 3.8) is 0 Å². The second-order valence-corrected chi connectivity index (χ2v) is 5.30. The fourth-order valence-corrected chi connectivity index (χ4v) is 2.05. The van der Waals surface area contributed by atoms with Crippen LogP contribution in [0.15, 0.2) is 18.6 Å². The number of hydrogen-bond acceptors (Lipinski definition) is 5. The van der Waals surface area contributed by atoms with E-state index in [1.54, 1.807) is 17.1 Å². The van der Waals surface area contributed by atoms with Crippen molar-refractivity contribution in [2.24, 2.45) is 0 Å². The van der Waals surface area contributed by atoms with E-state index in [2.05, 4.69) is 15.1 Å². The molecule has 0 spiro atoms. The molecule has 1 atom stereocenters. The van der Waals surface area contributed by atoms with Gasteiger partial charge in [0.05, 0.1) is 41.0 Å². The normalized spacial score (nSPS) is 12.9. The Labute approximate surface area is 123 Å². The van der Waals surface area contributed by atoms with Gasteiger partial charge in [-0.3, -0.25) is 14.6 Å². The van der Waals surface area contributed by atoms with Crippen LogP contribution in [0.25, 0.3) is 0 Å². The van der Waals surface area contributed by atoms with Crippen molar-refractivity contribution < 1.29 is 5.11 Å². The van der Waals surface area contributed by atoms with Crippen LogP contribution in [0.5, 0.6) is 0 Å². The second-order valence-electron chi connectivity index (χ2n) is 4.89. The van der Waals surface area contributed by atoms with Gasteiger partial charge in [0.2, 0.25) is 0 Å². The molecule has 108 valence electrons. The van der Waals surface area contributed by atoms with Crippen molar-refractivity contribution in [1.82, 2.24) is 24.6 Å². The number of halogens is 1. The zero-order valence-electron chi connectivity index (χ0n) is 11.8. The summed E-state index contributed by atoms with van der Waals surface area (Å²) in [5.41, 5.74) is 1.81. The van der Waals surface area contributed by atoms with Crippen LogP contribution in [0, 0.1) is 6.92 Å². The van der Waals surface area contributed by atoms with Crippen LogP contribution < -0.4 is 0 Å². The zero-order chi connectivity index (χ0) is 14.7. The Kier molecular flexibility index (Phi) is 4.69. The summed E-state index contributed by atoms with van der Waals surface area (Å²) in [5.74, 6) is 0. The van der Waals surface area contributed by atoms with Crippen LogP contribution in [0.3, 0.4) is 0 Å². The third-order valence-corrected chi connectivity index (χ3v) is 3.22. The molecule has 0 radical (unpaired) electrons. The van der Waals surface area contributed by atoms with E-state index in [9.17, 15) is 5.11 Å². The highest BCUT2D eigenvalue weighted by Gasteiger charge is 2.21. The Bertz CT molecular complexity index is 567. The number of aliphatic hydroxyl groups excluding tert-OH is 1. The lowest BCUT2D eigenvalue weighted by molar-refractivity contribution is 0.200.